The topological polar surface area (TPSA) is 23.5 Å². The highest BCUT2D eigenvalue weighted by molar-refractivity contribution is 5.23. The molecule has 0 aromatic heterocycles. The highest BCUT2D eigenvalue weighted by Gasteiger charge is 2.23. The van der Waals surface area contributed by atoms with Crippen LogP contribution in [0.15, 0.2) is 18.2 Å². The summed E-state index contributed by atoms with van der Waals surface area (Å²) in [5, 5.41) is 8.81. The van der Waals surface area contributed by atoms with Crippen molar-refractivity contribution >= 4 is 0 Å². The standard InChI is InChI=1S/C12H15F2NO/c13-11-2-1-9(7-12(11)14)10-3-4-15(8-10)5-6-16/h1-2,7,10,16H,3-6,8H2/t10-/m0/s1. The fraction of sp³-hybridized carbons (Fsp3) is 0.500. The van der Waals surface area contributed by atoms with Gasteiger partial charge in [-0.05, 0) is 36.6 Å². The van der Waals surface area contributed by atoms with Crippen molar-refractivity contribution < 1.29 is 13.9 Å². The summed E-state index contributed by atoms with van der Waals surface area (Å²) in [4.78, 5) is 2.13. The van der Waals surface area contributed by atoms with E-state index in [0.29, 0.717) is 6.54 Å². The van der Waals surface area contributed by atoms with E-state index in [2.05, 4.69) is 4.90 Å². The van der Waals surface area contributed by atoms with Crippen molar-refractivity contribution in [3.8, 4) is 0 Å². The zero-order valence-corrected chi connectivity index (χ0v) is 9.00. The summed E-state index contributed by atoms with van der Waals surface area (Å²) in [5.41, 5.74) is 0.847. The molecule has 1 N–H and O–H groups in total. The van der Waals surface area contributed by atoms with Crippen molar-refractivity contribution in [2.45, 2.75) is 12.3 Å². The lowest BCUT2D eigenvalue weighted by atomic mass is 9.98. The molecule has 1 aliphatic rings. The Labute approximate surface area is 93.5 Å². The lowest BCUT2D eigenvalue weighted by molar-refractivity contribution is 0.220. The first-order valence-corrected chi connectivity index (χ1v) is 5.49. The molecule has 4 heteroatoms. The second kappa shape index (κ2) is 4.89. The fourth-order valence-electron chi connectivity index (χ4n) is 2.22. The first-order valence-electron chi connectivity index (χ1n) is 5.49. The molecule has 1 heterocycles. The van der Waals surface area contributed by atoms with E-state index in [1.807, 2.05) is 0 Å². The van der Waals surface area contributed by atoms with Crippen LogP contribution in [0.1, 0.15) is 17.9 Å². The molecule has 1 fully saturated rings. The van der Waals surface area contributed by atoms with Crippen molar-refractivity contribution in [3.63, 3.8) is 0 Å². The molecule has 1 aromatic carbocycles. The summed E-state index contributed by atoms with van der Waals surface area (Å²) in [6, 6.07) is 4.10. The second-order valence-corrected chi connectivity index (χ2v) is 4.18. The third kappa shape index (κ3) is 2.39. The van der Waals surface area contributed by atoms with Gasteiger partial charge < -0.3 is 10.0 Å². The molecule has 16 heavy (non-hydrogen) atoms. The number of rotatable bonds is 3. The molecule has 0 aliphatic carbocycles. The molecule has 0 spiro atoms. The van der Waals surface area contributed by atoms with E-state index in [9.17, 15) is 8.78 Å². The molecule has 0 radical (unpaired) electrons. The van der Waals surface area contributed by atoms with E-state index in [1.165, 1.54) is 12.1 Å². The average Bonchev–Trinajstić information content (AvgIpc) is 2.71. The van der Waals surface area contributed by atoms with Gasteiger partial charge in [0.05, 0.1) is 6.61 Å². The molecule has 88 valence electrons. The van der Waals surface area contributed by atoms with Gasteiger partial charge in [0.1, 0.15) is 0 Å². The monoisotopic (exact) mass is 227 g/mol. The fourth-order valence-corrected chi connectivity index (χ4v) is 2.22. The molecule has 1 atom stereocenters. The zero-order valence-electron chi connectivity index (χ0n) is 9.00. The molecule has 2 rings (SSSR count). The third-order valence-electron chi connectivity index (χ3n) is 3.10. The summed E-state index contributed by atoms with van der Waals surface area (Å²) < 4.78 is 25.8. The van der Waals surface area contributed by atoms with Crippen LogP contribution in [-0.4, -0.2) is 36.2 Å². The van der Waals surface area contributed by atoms with Crippen molar-refractivity contribution in [2.75, 3.05) is 26.2 Å². The summed E-state index contributed by atoms with van der Waals surface area (Å²) in [5.74, 6) is -1.33. The minimum atomic E-state index is -0.797. The van der Waals surface area contributed by atoms with Crippen molar-refractivity contribution in [1.29, 1.82) is 0 Å². The Morgan fingerprint density at radius 1 is 1.31 bits per heavy atom. The first-order chi connectivity index (χ1) is 7.70. The number of nitrogens with zero attached hydrogens (tertiary/aromatic N) is 1. The quantitative estimate of drug-likeness (QED) is 0.850. The van der Waals surface area contributed by atoms with E-state index in [4.69, 9.17) is 5.11 Å². The lowest BCUT2D eigenvalue weighted by Gasteiger charge is -2.14. The molecular formula is C12H15F2NO. The molecule has 0 bridgehead atoms. The van der Waals surface area contributed by atoms with Crippen LogP contribution in [0.25, 0.3) is 0 Å². The number of aliphatic hydroxyl groups excluding tert-OH is 1. The Bertz CT molecular complexity index is 370. The summed E-state index contributed by atoms with van der Waals surface area (Å²) >= 11 is 0. The maximum atomic E-state index is 13.0. The Morgan fingerprint density at radius 3 is 2.81 bits per heavy atom. The Hall–Kier alpha value is -1.00. The van der Waals surface area contributed by atoms with Crippen LogP contribution in [0.5, 0.6) is 0 Å². The van der Waals surface area contributed by atoms with Crippen molar-refractivity contribution in [3.05, 3.63) is 35.4 Å². The van der Waals surface area contributed by atoms with Crippen LogP contribution in [-0.2, 0) is 0 Å². The van der Waals surface area contributed by atoms with Crippen LogP contribution in [0.4, 0.5) is 8.78 Å². The maximum Gasteiger partial charge on any atom is 0.159 e. The molecule has 0 amide bonds. The summed E-state index contributed by atoms with van der Waals surface area (Å²) in [6.45, 7) is 2.51. The van der Waals surface area contributed by atoms with Crippen LogP contribution >= 0.6 is 0 Å². The molecule has 1 aliphatic heterocycles. The zero-order chi connectivity index (χ0) is 11.5. The SMILES string of the molecule is OCCN1CC[C@H](c2ccc(F)c(F)c2)C1. The molecule has 1 aromatic rings. The summed E-state index contributed by atoms with van der Waals surface area (Å²) in [7, 11) is 0. The number of halogens is 2. The van der Waals surface area contributed by atoms with Gasteiger partial charge in [-0.25, -0.2) is 8.78 Å². The minimum Gasteiger partial charge on any atom is -0.395 e. The van der Waals surface area contributed by atoms with Crippen molar-refractivity contribution in [1.82, 2.24) is 4.90 Å². The van der Waals surface area contributed by atoms with E-state index in [1.54, 1.807) is 6.07 Å². The van der Waals surface area contributed by atoms with Crippen molar-refractivity contribution in [2.24, 2.45) is 0 Å². The average molecular weight is 227 g/mol. The van der Waals surface area contributed by atoms with Crippen LogP contribution in [0.3, 0.4) is 0 Å². The highest BCUT2D eigenvalue weighted by Crippen LogP contribution is 2.27. The molecular weight excluding hydrogens is 212 g/mol. The van der Waals surface area contributed by atoms with Gasteiger partial charge in [0.2, 0.25) is 0 Å². The molecule has 0 unspecified atom stereocenters. The van der Waals surface area contributed by atoms with Gasteiger partial charge in [-0.2, -0.15) is 0 Å². The van der Waals surface area contributed by atoms with E-state index in [0.717, 1.165) is 25.1 Å². The van der Waals surface area contributed by atoms with Crippen LogP contribution in [0.2, 0.25) is 0 Å². The smallest absolute Gasteiger partial charge is 0.159 e. The molecule has 2 nitrogen and oxygen atoms in total. The third-order valence-corrected chi connectivity index (χ3v) is 3.10. The van der Waals surface area contributed by atoms with Crippen LogP contribution < -0.4 is 0 Å². The Kier molecular flexibility index (Phi) is 3.51. The lowest BCUT2D eigenvalue weighted by Crippen LogP contribution is -2.23. The van der Waals surface area contributed by atoms with E-state index in [-0.39, 0.29) is 12.5 Å². The van der Waals surface area contributed by atoms with Gasteiger partial charge in [0.15, 0.2) is 11.6 Å². The van der Waals surface area contributed by atoms with Gasteiger partial charge >= 0.3 is 0 Å². The van der Waals surface area contributed by atoms with E-state index >= 15 is 0 Å². The normalized spacial score (nSPS) is 21.6. The van der Waals surface area contributed by atoms with Gasteiger partial charge in [0, 0.05) is 13.1 Å². The number of hydrogen-bond acceptors (Lipinski definition) is 2. The maximum absolute atomic E-state index is 13.0. The number of β-amino-alcohol motifs (C(OH)–C–C–N with tert-alkyl or cyclic N) is 1. The predicted molar refractivity (Wildman–Crippen MR) is 57.2 cm³/mol. The first kappa shape index (κ1) is 11.5. The predicted octanol–water partition coefficient (Wildman–Crippen LogP) is 1.75. The number of aliphatic hydroxyl groups is 1. The molecule has 1 saturated heterocycles. The van der Waals surface area contributed by atoms with Gasteiger partial charge in [-0.1, -0.05) is 6.07 Å². The second-order valence-electron chi connectivity index (χ2n) is 4.18. The van der Waals surface area contributed by atoms with Gasteiger partial charge in [0.25, 0.3) is 0 Å². The Balaban J connectivity index is 2.05. The number of benzene rings is 1. The minimum absolute atomic E-state index is 0.143. The molecule has 0 saturated carbocycles. The highest BCUT2D eigenvalue weighted by atomic mass is 19.2. The number of hydrogen-bond donors (Lipinski definition) is 1. The summed E-state index contributed by atoms with van der Waals surface area (Å²) in [6.07, 6.45) is 0.936. The van der Waals surface area contributed by atoms with E-state index < -0.39 is 11.6 Å². The Morgan fingerprint density at radius 2 is 2.12 bits per heavy atom. The number of likely N-dealkylation sites (tertiary alicyclic amines) is 1. The van der Waals surface area contributed by atoms with Gasteiger partial charge in [-0.15, -0.1) is 0 Å². The largest absolute Gasteiger partial charge is 0.395 e. The van der Waals surface area contributed by atoms with Gasteiger partial charge in [-0.3, -0.25) is 0 Å². The van der Waals surface area contributed by atoms with Crippen LogP contribution in [0, 0.1) is 11.6 Å².